The Kier molecular flexibility index (Phi) is 3.58. The molecule has 0 saturated heterocycles. The highest BCUT2D eigenvalue weighted by Crippen LogP contribution is 2.00. The minimum Gasteiger partial charge on any atom is -0.464 e. The SMILES string of the molecule is COC(=O)c1cn(CC(C)CO)nn1. The fourth-order valence-corrected chi connectivity index (χ4v) is 0.963. The van der Waals surface area contributed by atoms with Crippen LogP contribution >= 0.6 is 0 Å². The van der Waals surface area contributed by atoms with Gasteiger partial charge in [-0.2, -0.15) is 0 Å². The van der Waals surface area contributed by atoms with Crippen molar-refractivity contribution in [2.45, 2.75) is 13.5 Å². The molecule has 1 aromatic heterocycles. The second-order valence-corrected chi connectivity index (χ2v) is 3.11. The summed E-state index contributed by atoms with van der Waals surface area (Å²) < 4.78 is 5.98. The Bertz CT molecular complexity index is 311. The topological polar surface area (TPSA) is 77.2 Å². The maximum absolute atomic E-state index is 11.0. The van der Waals surface area contributed by atoms with Crippen LogP contribution in [0.25, 0.3) is 0 Å². The van der Waals surface area contributed by atoms with Crippen LogP contribution in [-0.2, 0) is 11.3 Å². The fraction of sp³-hybridized carbons (Fsp3) is 0.625. The summed E-state index contributed by atoms with van der Waals surface area (Å²) >= 11 is 0. The zero-order chi connectivity index (χ0) is 10.6. The number of aliphatic hydroxyl groups excluding tert-OH is 1. The van der Waals surface area contributed by atoms with Gasteiger partial charge in [-0.15, -0.1) is 5.10 Å². The molecule has 0 saturated carbocycles. The van der Waals surface area contributed by atoms with Crippen LogP contribution in [0.2, 0.25) is 0 Å². The van der Waals surface area contributed by atoms with E-state index in [9.17, 15) is 4.79 Å². The molecule has 1 aromatic rings. The lowest BCUT2D eigenvalue weighted by molar-refractivity contribution is 0.0594. The summed E-state index contributed by atoms with van der Waals surface area (Å²) in [5.41, 5.74) is 0.178. The van der Waals surface area contributed by atoms with E-state index in [1.165, 1.54) is 18.0 Å². The van der Waals surface area contributed by atoms with Crippen LogP contribution in [0.1, 0.15) is 17.4 Å². The molecule has 0 aliphatic carbocycles. The predicted octanol–water partition coefficient (Wildman–Crippen LogP) is -0.307. The highest BCUT2D eigenvalue weighted by Gasteiger charge is 2.11. The summed E-state index contributed by atoms with van der Waals surface area (Å²) in [6.07, 6.45) is 1.50. The predicted molar refractivity (Wildman–Crippen MR) is 47.6 cm³/mol. The Morgan fingerprint density at radius 3 is 3.07 bits per heavy atom. The molecule has 0 bridgehead atoms. The maximum atomic E-state index is 11.0. The van der Waals surface area contributed by atoms with Crippen molar-refractivity contribution in [2.75, 3.05) is 13.7 Å². The molecule has 14 heavy (non-hydrogen) atoms. The molecule has 1 heterocycles. The van der Waals surface area contributed by atoms with Crippen molar-refractivity contribution in [3.63, 3.8) is 0 Å². The smallest absolute Gasteiger partial charge is 0.360 e. The number of methoxy groups -OCH3 is 1. The lowest BCUT2D eigenvalue weighted by atomic mass is 10.2. The van der Waals surface area contributed by atoms with E-state index in [2.05, 4.69) is 15.0 Å². The van der Waals surface area contributed by atoms with E-state index < -0.39 is 5.97 Å². The summed E-state index contributed by atoms with van der Waals surface area (Å²) in [4.78, 5) is 11.0. The quantitative estimate of drug-likeness (QED) is 0.673. The normalized spacial score (nSPS) is 12.5. The molecule has 78 valence electrons. The molecule has 0 spiro atoms. The first-order valence-corrected chi connectivity index (χ1v) is 4.26. The van der Waals surface area contributed by atoms with E-state index in [1.54, 1.807) is 0 Å². The zero-order valence-corrected chi connectivity index (χ0v) is 8.17. The molecule has 6 heteroatoms. The van der Waals surface area contributed by atoms with Crippen LogP contribution < -0.4 is 0 Å². The van der Waals surface area contributed by atoms with Gasteiger partial charge in [-0.1, -0.05) is 12.1 Å². The van der Waals surface area contributed by atoms with Gasteiger partial charge in [0.2, 0.25) is 0 Å². The number of carbonyl (C=O) groups excluding carboxylic acids is 1. The standard InChI is InChI=1S/C8H13N3O3/c1-6(5-12)3-11-4-7(9-10-11)8(13)14-2/h4,6,12H,3,5H2,1-2H3. The van der Waals surface area contributed by atoms with Crippen LogP contribution in [-0.4, -0.2) is 39.8 Å². The first-order valence-electron chi connectivity index (χ1n) is 4.26. The Hall–Kier alpha value is -1.43. The molecule has 1 atom stereocenters. The van der Waals surface area contributed by atoms with Crippen LogP contribution in [0.5, 0.6) is 0 Å². The van der Waals surface area contributed by atoms with Gasteiger partial charge in [0.05, 0.1) is 13.3 Å². The maximum Gasteiger partial charge on any atom is 0.360 e. The number of carbonyl (C=O) groups is 1. The van der Waals surface area contributed by atoms with E-state index in [-0.39, 0.29) is 18.2 Å². The summed E-state index contributed by atoms with van der Waals surface area (Å²) in [5.74, 6) is -0.421. The third-order valence-electron chi connectivity index (χ3n) is 1.74. The van der Waals surface area contributed by atoms with Gasteiger partial charge in [0.1, 0.15) is 0 Å². The number of aromatic nitrogens is 3. The van der Waals surface area contributed by atoms with Gasteiger partial charge in [0, 0.05) is 13.2 Å². The van der Waals surface area contributed by atoms with E-state index in [4.69, 9.17) is 5.11 Å². The number of esters is 1. The van der Waals surface area contributed by atoms with Gasteiger partial charge in [-0.25, -0.2) is 4.79 Å². The first kappa shape index (κ1) is 10.6. The molecule has 0 fully saturated rings. The lowest BCUT2D eigenvalue weighted by Gasteiger charge is -2.05. The Morgan fingerprint density at radius 1 is 1.79 bits per heavy atom. The summed E-state index contributed by atoms with van der Waals surface area (Å²) in [6.45, 7) is 2.48. The Morgan fingerprint density at radius 2 is 2.50 bits per heavy atom. The largest absolute Gasteiger partial charge is 0.464 e. The third-order valence-corrected chi connectivity index (χ3v) is 1.74. The molecule has 1 N–H and O–H groups in total. The summed E-state index contributed by atoms with van der Waals surface area (Å²) in [7, 11) is 1.29. The van der Waals surface area contributed by atoms with Crippen molar-refractivity contribution in [2.24, 2.45) is 5.92 Å². The number of rotatable bonds is 4. The highest BCUT2D eigenvalue weighted by molar-refractivity contribution is 5.86. The van der Waals surface area contributed by atoms with Gasteiger partial charge in [-0.05, 0) is 5.92 Å². The number of aliphatic hydroxyl groups is 1. The van der Waals surface area contributed by atoms with Crippen LogP contribution in [0.3, 0.4) is 0 Å². The van der Waals surface area contributed by atoms with Gasteiger partial charge in [-0.3, -0.25) is 4.68 Å². The Labute approximate surface area is 81.5 Å². The first-order chi connectivity index (χ1) is 6.67. The monoisotopic (exact) mass is 199 g/mol. The van der Waals surface area contributed by atoms with Crippen molar-refractivity contribution in [1.29, 1.82) is 0 Å². The van der Waals surface area contributed by atoms with Crippen molar-refractivity contribution < 1.29 is 14.6 Å². The van der Waals surface area contributed by atoms with Crippen LogP contribution in [0, 0.1) is 5.92 Å². The second-order valence-electron chi connectivity index (χ2n) is 3.11. The van der Waals surface area contributed by atoms with Gasteiger partial charge < -0.3 is 9.84 Å². The number of ether oxygens (including phenoxy) is 1. The molecule has 0 radical (unpaired) electrons. The molecule has 6 nitrogen and oxygen atoms in total. The molecular formula is C8H13N3O3. The van der Waals surface area contributed by atoms with Gasteiger partial charge in [0.15, 0.2) is 5.69 Å². The molecule has 0 aromatic carbocycles. The van der Waals surface area contributed by atoms with Crippen molar-refractivity contribution in [3.8, 4) is 0 Å². The minimum absolute atomic E-state index is 0.0768. The second kappa shape index (κ2) is 4.71. The van der Waals surface area contributed by atoms with E-state index in [0.717, 1.165) is 0 Å². The van der Waals surface area contributed by atoms with E-state index in [1.807, 2.05) is 6.92 Å². The summed E-state index contributed by atoms with van der Waals surface area (Å²) in [6, 6.07) is 0. The van der Waals surface area contributed by atoms with Crippen molar-refractivity contribution in [1.82, 2.24) is 15.0 Å². The summed E-state index contributed by atoms with van der Waals surface area (Å²) in [5, 5.41) is 16.2. The van der Waals surface area contributed by atoms with Gasteiger partial charge in [0.25, 0.3) is 0 Å². The van der Waals surface area contributed by atoms with Crippen molar-refractivity contribution >= 4 is 5.97 Å². The zero-order valence-electron chi connectivity index (χ0n) is 8.17. The number of hydrogen-bond acceptors (Lipinski definition) is 5. The number of hydrogen-bond donors (Lipinski definition) is 1. The number of nitrogens with zero attached hydrogens (tertiary/aromatic N) is 3. The van der Waals surface area contributed by atoms with Gasteiger partial charge >= 0.3 is 5.97 Å². The van der Waals surface area contributed by atoms with Crippen LogP contribution in [0.15, 0.2) is 6.20 Å². The molecule has 0 amide bonds. The molecule has 0 aliphatic rings. The molecule has 1 unspecified atom stereocenters. The van der Waals surface area contributed by atoms with E-state index in [0.29, 0.717) is 6.54 Å². The molecular weight excluding hydrogens is 186 g/mol. The fourth-order valence-electron chi connectivity index (χ4n) is 0.963. The average Bonchev–Trinajstić information content (AvgIpc) is 2.65. The third kappa shape index (κ3) is 2.53. The van der Waals surface area contributed by atoms with E-state index >= 15 is 0 Å². The minimum atomic E-state index is -0.507. The highest BCUT2D eigenvalue weighted by atomic mass is 16.5. The molecule has 1 rings (SSSR count). The lowest BCUT2D eigenvalue weighted by Crippen LogP contribution is -2.11. The van der Waals surface area contributed by atoms with Crippen molar-refractivity contribution in [3.05, 3.63) is 11.9 Å². The Balaban J connectivity index is 2.63. The molecule has 0 aliphatic heterocycles. The van der Waals surface area contributed by atoms with Crippen LogP contribution in [0.4, 0.5) is 0 Å². The average molecular weight is 199 g/mol.